The number of rotatable bonds is 1. The molecule has 0 fully saturated rings. The van der Waals surface area contributed by atoms with Gasteiger partial charge < -0.3 is 5.73 Å². The molecular weight excluding hydrogens is 279 g/mol. The maximum atomic E-state index is 13.4. The van der Waals surface area contributed by atoms with Gasteiger partial charge in [0.25, 0.3) is 0 Å². The van der Waals surface area contributed by atoms with Gasteiger partial charge in [-0.05, 0) is 30.3 Å². The molecule has 0 aliphatic heterocycles. The van der Waals surface area contributed by atoms with Crippen LogP contribution in [0.2, 0.25) is 5.02 Å². The van der Waals surface area contributed by atoms with Gasteiger partial charge in [-0.1, -0.05) is 11.6 Å². The summed E-state index contributed by atoms with van der Waals surface area (Å²) in [6.07, 6.45) is 0. The molecule has 2 N–H and O–H groups in total. The minimum Gasteiger partial charge on any atom is -0.369 e. The van der Waals surface area contributed by atoms with Gasteiger partial charge in [0.1, 0.15) is 11.9 Å². The van der Waals surface area contributed by atoms with E-state index in [9.17, 15) is 9.65 Å². The van der Waals surface area contributed by atoms with Crippen molar-refractivity contribution >= 4 is 28.6 Å². The average molecular weight is 287 g/mol. The van der Waals surface area contributed by atoms with Gasteiger partial charge in [0.05, 0.1) is 22.3 Å². The van der Waals surface area contributed by atoms with Gasteiger partial charge in [-0.15, -0.1) is 0 Å². The third-order valence-electron chi connectivity index (χ3n) is 2.96. The topological polar surface area (TPSA) is 67.6 Å². The molecule has 4 nitrogen and oxygen atoms in total. The van der Waals surface area contributed by atoms with Crippen molar-refractivity contribution in [2.24, 2.45) is 0 Å². The summed E-state index contributed by atoms with van der Waals surface area (Å²) in [5.74, 6) is -0.233. The number of benzene rings is 2. The fourth-order valence-electron chi connectivity index (χ4n) is 2.10. The van der Waals surface area contributed by atoms with Crippen LogP contribution in [0, 0.1) is 17.1 Å². The number of aromatic nitrogens is 2. The number of nitriles is 1. The SMILES string of the molecule is N#Cc1ccc(Cl)cc1-n1c(N)nc2ccc(F)cc21. The summed E-state index contributed by atoms with van der Waals surface area (Å²) in [7, 11) is 0. The molecule has 0 aliphatic carbocycles. The third-order valence-corrected chi connectivity index (χ3v) is 3.20. The van der Waals surface area contributed by atoms with Gasteiger partial charge in [-0.3, -0.25) is 4.57 Å². The Kier molecular flexibility index (Phi) is 2.81. The molecule has 0 radical (unpaired) electrons. The molecule has 20 heavy (non-hydrogen) atoms. The van der Waals surface area contributed by atoms with Crippen molar-refractivity contribution in [3.63, 3.8) is 0 Å². The maximum Gasteiger partial charge on any atom is 0.205 e. The molecule has 6 heteroatoms. The van der Waals surface area contributed by atoms with Crippen molar-refractivity contribution in [2.45, 2.75) is 0 Å². The summed E-state index contributed by atoms with van der Waals surface area (Å²) in [5, 5.41) is 9.64. The van der Waals surface area contributed by atoms with Crippen LogP contribution in [0.15, 0.2) is 36.4 Å². The molecule has 0 saturated heterocycles. The zero-order valence-corrected chi connectivity index (χ0v) is 10.9. The number of anilines is 1. The van der Waals surface area contributed by atoms with E-state index >= 15 is 0 Å². The monoisotopic (exact) mass is 286 g/mol. The number of halogens is 2. The minimum atomic E-state index is -0.404. The largest absolute Gasteiger partial charge is 0.369 e. The van der Waals surface area contributed by atoms with Gasteiger partial charge >= 0.3 is 0 Å². The Morgan fingerprint density at radius 3 is 2.80 bits per heavy atom. The molecule has 0 spiro atoms. The first-order valence-corrected chi connectivity index (χ1v) is 6.11. The number of nitrogens with zero attached hydrogens (tertiary/aromatic N) is 3. The Balaban J connectivity index is 2.40. The van der Waals surface area contributed by atoms with Crippen molar-refractivity contribution in [3.05, 3.63) is 52.8 Å². The highest BCUT2D eigenvalue weighted by Gasteiger charge is 2.14. The molecule has 2 aromatic carbocycles. The fourth-order valence-corrected chi connectivity index (χ4v) is 2.27. The fraction of sp³-hybridized carbons (Fsp3) is 0. The molecule has 1 heterocycles. The normalized spacial score (nSPS) is 10.7. The maximum absolute atomic E-state index is 13.4. The Morgan fingerprint density at radius 2 is 2.05 bits per heavy atom. The molecule has 0 amide bonds. The predicted octanol–water partition coefficient (Wildman–Crippen LogP) is 3.27. The van der Waals surface area contributed by atoms with E-state index in [2.05, 4.69) is 11.1 Å². The molecule has 0 unspecified atom stereocenters. The van der Waals surface area contributed by atoms with Crippen LogP contribution in [0.5, 0.6) is 0 Å². The van der Waals surface area contributed by atoms with Crippen LogP contribution in [-0.4, -0.2) is 9.55 Å². The van der Waals surface area contributed by atoms with Crippen LogP contribution < -0.4 is 5.73 Å². The number of nitrogens with two attached hydrogens (primary N) is 1. The molecule has 0 atom stereocenters. The highest BCUT2D eigenvalue weighted by Crippen LogP contribution is 2.27. The van der Waals surface area contributed by atoms with Gasteiger partial charge in [-0.25, -0.2) is 9.37 Å². The summed E-state index contributed by atoms with van der Waals surface area (Å²) >= 11 is 5.97. The van der Waals surface area contributed by atoms with E-state index in [1.54, 1.807) is 18.2 Å². The van der Waals surface area contributed by atoms with Crippen LogP contribution in [0.25, 0.3) is 16.7 Å². The number of hydrogen-bond acceptors (Lipinski definition) is 3. The van der Waals surface area contributed by atoms with Crippen LogP contribution in [0.1, 0.15) is 5.56 Å². The number of fused-ring (bicyclic) bond motifs is 1. The standard InChI is InChI=1S/C14H8ClFN4/c15-9-2-1-8(7-17)12(5-9)20-13-6-10(16)3-4-11(13)19-14(20)18/h1-6H,(H2,18,19). The summed E-state index contributed by atoms with van der Waals surface area (Å²) in [6, 6.07) is 11.0. The average Bonchev–Trinajstić information content (AvgIpc) is 2.74. The van der Waals surface area contributed by atoms with Gasteiger partial charge in [0.2, 0.25) is 5.95 Å². The van der Waals surface area contributed by atoms with Crippen molar-refractivity contribution in [3.8, 4) is 11.8 Å². The Hall–Kier alpha value is -2.58. The first-order valence-electron chi connectivity index (χ1n) is 5.73. The second-order valence-corrected chi connectivity index (χ2v) is 4.65. The van der Waals surface area contributed by atoms with Gasteiger partial charge in [-0.2, -0.15) is 5.26 Å². The van der Waals surface area contributed by atoms with E-state index in [1.807, 2.05) is 0 Å². The molecule has 0 aliphatic rings. The number of nitrogen functional groups attached to an aromatic ring is 1. The smallest absolute Gasteiger partial charge is 0.205 e. The van der Waals surface area contributed by atoms with Crippen molar-refractivity contribution in [2.75, 3.05) is 5.73 Å². The highest BCUT2D eigenvalue weighted by atomic mass is 35.5. The molecule has 98 valence electrons. The Bertz CT molecular complexity index is 863. The highest BCUT2D eigenvalue weighted by molar-refractivity contribution is 6.30. The lowest BCUT2D eigenvalue weighted by Crippen LogP contribution is -2.03. The summed E-state index contributed by atoms with van der Waals surface area (Å²) in [5.41, 5.74) is 7.78. The van der Waals surface area contributed by atoms with Crippen LogP contribution in [0.3, 0.4) is 0 Å². The van der Waals surface area contributed by atoms with Crippen molar-refractivity contribution in [1.82, 2.24) is 9.55 Å². The molecule has 1 aromatic heterocycles. The van der Waals surface area contributed by atoms with Crippen LogP contribution in [-0.2, 0) is 0 Å². The number of imidazole rings is 1. The van der Waals surface area contributed by atoms with Gasteiger partial charge in [0.15, 0.2) is 0 Å². The van der Waals surface area contributed by atoms with Gasteiger partial charge in [0, 0.05) is 11.1 Å². The quantitative estimate of drug-likeness (QED) is 0.746. The lowest BCUT2D eigenvalue weighted by Gasteiger charge is -2.09. The van der Waals surface area contributed by atoms with Crippen LogP contribution in [0.4, 0.5) is 10.3 Å². The predicted molar refractivity (Wildman–Crippen MR) is 75.2 cm³/mol. The summed E-state index contributed by atoms with van der Waals surface area (Å²) < 4.78 is 14.9. The lowest BCUT2D eigenvalue weighted by atomic mass is 10.2. The number of hydrogen-bond donors (Lipinski definition) is 1. The van der Waals surface area contributed by atoms with E-state index < -0.39 is 5.82 Å². The zero-order valence-electron chi connectivity index (χ0n) is 10.1. The molecule has 3 rings (SSSR count). The van der Waals surface area contributed by atoms with Crippen molar-refractivity contribution < 1.29 is 4.39 Å². The van der Waals surface area contributed by atoms with E-state index in [0.717, 1.165) is 0 Å². The van der Waals surface area contributed by atoms with Crippen LogP contribution >= 0.6 is 11.6 Å². The summed E-state index contributed by atoms with van der Waals surface area (Å²) in [4.78, 5) is 4.16. The molecular formula is C14H8ClFN4. The van der Waals surface area contributed by atoms with Crippen molar-refractivity contribution in [1.29, 1.82) is 5.26 Å². The van der Waals surface area contributed by atoms with E-state index in [-0.39, 0.29) is 5.95 Å². The molecule has 3 aromatic rings. The first kappa shape index (κ1) is 12.5. The van der Waals surface area contributed by atoms with E-state index in [4.69, 9.17) is 17.3 Å². The lowest BCUT2D eigenvalue weighted by molar-refractivity contribution is 0.629. The Labute approximate surface area is 118 Å². The Morgan fingerprint density at radius 1 is 1.25 bits per heavy atom. The zero-order chi connectivity index (χ0) is 14.3. The third kappa shape index (κ3) is 1.87. The summed E-state index contributed by atoms with van der Waals surface area (Å²) in [6.45, 7) is 0. The van der Waals surface area contributed by atoms with E-state index in [0.29, 0.717) is 27.3 Å². The first-order chi connectivity index (χ1) is 9.60. The second kappa shape index (κ2) is 4.51. The molecule has 0 bridgehead atoms. The second-order valence-electron chi connectivity index (χ2n) is 4.21. The van der Waals surface area contributed by atoms with E-state index in [1.165, 1.54) is 22.8 Å². The molecule has 0 saturated carbocycles. The minimum absolute atomic E-state index is 0.171.